The number of rotatable bonds is 6. The molecule has 7 heteroatoms. The van der Waals surface area contributed by atoms with Gasteiger partial charge in [-0.05, 0) is 53.3 Å². The smallest absolute Gasteiger partial charge is 0.272 e. The Labute approximate surface area is 181 Å². The Hall–Kier alpha value is -2.59. The molecule has 2 aromatic heterocycles. The molecular formula is C22H16ClN3OS2. The van der Waals surface area contributed by atoms with Gasteiger partial charge in [-0.1, -0.05) is 47.6 Å². The fourth-order valence-electron chi connectivity index (χ4n) is 3.00. The maximum Gasteiger partial charge on any atom is 0.272 e. The van der Waals surface area contributed by atoms with Gasteiger partial charge in [0, 0.05) is 17.3 Å². The number of nitrogens with zero attached hydrogens (tertiary/aromatic N) is 3. The van der Waals surface area contributed by atoms with Crippen molar-refractivity contribution >= 4 is 44.9 Å². The Bertz CT molecular complexity index is 1260. The van der Waals surface area contributed by atoms with Gasteiger partial charge in [0.15, 0.2) is 5.16 Å². The lowest BCUT2D eigenvalue weighted by Gasteiger charge is -2.12. The predicted molar refractivity (Wildman–Crippen MR) is 120 cm³/mol. The molecule has 0 amide bonds. The Balaban J connectivity index is 1.62. The molecular weight excluding hydrogens is 422 g/mol. The minimum absolute atomic E-state index is 0.00719. The number of benzene rings is 2. The van der Waals surface area contributed by atoms with Gasteiger partial charge >= 0.3 is 0 Å². The van der Waals surface area contributed by atoms with Crippen molar-refractivity contribution in [3.8, 4) is 6.07 Å². The molecule has 0 spiro atoms. The molecule has 0 N–H and O–H groups in total. The quantitative estimate of drug-likeness (QED) is 0.294. The fraction of sp³-hybridized carbons (Fsp3) is 0.136. The van der Waals surface area contributed by atoms with Crippen LogP contribution in [-0.2, 0) is 18.7 Å². The van der Waals surface area contributed by atoms with Crippen molar-refractivity contribution < 1.29 is 0 Å². The van der Waals surface area contributed by atoms with Gasteiger partial charge in [0.1, 0.15) is 4.70 Å². The average Bonchev–Trinajstić information content (AvgIpc) is 3.22. The molecule has 0 fully saturated rings. The summed E-state index contributed by atoms with van der Waals surface area (Å²) in [6, 6.07) is 19.2. The van der Waals surface area contributed by atoms with Gasteiger partial charge in [0.25, 0.3) is 5.56 Å². The van der Waals surface area contributed by atoms with Gasteiger partial charge in [0.05, 0.1) is 17.1 Å². The van der Waals surface area contributed by atoms with E-state index in [1.54, 1.807) is 10.6 Å². The van der Waals surface area contributed by atoms with Crippen LogP contribution in [-0.4, -0.2) is 9.55 Å². The molecule has 0 saturated carbocycles. The largest absolute Gasteiger partial charge is 0.286 e. The Kier molecular flexibility index (Phi) is 6.00. The summed E-state index contributed by atoms with van der Waals surface area (Å²) in [5.41, 5.74) is 3.50. The Morgan fingerprint density at radius 3 is 2.76 bits per heavy atom. The molecule has 0 unspecified atom stereocenters. The second-order valence-corrected chi connectivity index (χ2v) is 8.76. The van der Waals surface area contributed by atoms with E-state index in [9.17, 15) is 4.79 Å². The van der Waals surface area contributed by atoms with E-state index < -0.39 is 0 Å². The molecule has 4 aromatic rings. The van der Waals surface area contributed by atoms with Gasteiger partial charge < -0.3 is 0 Å². The molecule has 4 nitrogen and oxygen atoms in total. The molecule has 0 saturated heterocycles. The number of aryl methyl sites for hydroxylation is 1. The van der Waals surface area contributed by atoms with E-state index in [-0.39, 0.29) is 5.56 Å². The summed E-state index contributed by atoms with van der Waals surface area (Å²) in [6.07, 6.45) is 0.715. The number of hydrogen-bond donors (Lipinski definition) is 0. The van der Waals surface area contributed by atoms with E-state index in [1.807, 2.05) is 53.9 Å². The van der Waals surface area contributed by atoms with Crippen molar-refractivity contribution in [2.45, 2.75) is 23.9 Å². The van der Waals surface area contributed by atoms with Crippen LogP contribution in [0.1, 0.15) is 16.7 Å². The van der Waals surface area contributed by atoms with Crippen molar-refractivity contribution in [1.82, 2.24) is 9.55 Å². The highest BCUT2D eigenvalue weighted by Gasteiger charge is 2.13. The number of hydrogen-bond acceptors (Lipinski definition) is 5. The molecule has 4 rings (SSSR count). The highest BCUT2D eigenvalue weighted by molar-refractivity contribution is 7.98. The Morgan fingerprint density at radius 1 is 1.14 bits per heavy atom. The summed E-state index contributed by atoms with van der Waals surface area (Å²) in [6.45, 7) is 0.544. The lowest BCUT2D eigenvalue weighted by Crippen LogP contribution is -2.23. The van der Waals surface area contributed by atoms with E-state index in [4.69, 9.17) is 21.8 Å². The average molecular weight is 438 g/mol. The van der Waals surface area contributed by atoms with Crippen molar-refractivity contribution in [3.63, 3.8) is 0 Å². The summed E-state index contributed by atoms with van der Waals surface area (Å²) in [4.78, 5) is 17.8. The van der Waals surface area contributed by atoms with E-state index in [0.717, 1.165) is 16.6 Å². The van der Waals surface area contributed by atoms with Crippen LogP contribution in [0.4, 0.5) is 0 Å². The number of thioether (sulfide) groups is 1. The first-order chi connectivity index (χ1) is 14.1. The van der Waals surface area contributed by atoms with Crippen molar-refractivity contribution in [1.29, 1.82) is 5.26 Å². The van der Waals surface area contributed by atoms with Crippen LogP contribution in [0.3, 0.4) is 0 Å². The first-order valence-electron chi connectivity index (χ1n) is 8.98. The fourth-order valence-corrected chi connectivity index (χ4v) is 4.87. The van der Waals surface area contributed by atoms with Crippen LogP contribution in [0.2, 0.25) is 5.02 Å². The topological polar surface area (TPSA) is 58.7 Å². The lowest BCUT2D eigenvalue weighted by molar-refractivity contribution is 0.596. The SMILES string of the molecule is N#Cc1cccc(CSc2nc3ccsc3c(=O)n2CCc2ccc(Cl)cc2)c1. The third kappa shape index (κ3) is 4.54. The van der Waals surface area contributed by atoms with Crippen LogP contribution in [0.5, 0.6) is 0 Å². The molecule has 0 aliphatic rings. The van der Waals surface area contributed by atoms with Crippen LogP contribution >= 0.6 is 34.7 Å². The maximum atomic E-state index is 13.1. The van der Waals surface area contributed by atoms with Gasteiger partial charge in [-0.3, -0.25) is 9.36 Å². The third-order valence-corrected chi connectivity index (χ3v) is 6.68. The summed E-state index contributed by atoms with van der Waals surface area (Å²) in [7, 11) is 0. The highest BCUT2D eigenvalue weighted by Crippen LogP contribution is 2.24. The van der Waals surface area contributed by atoms with Gasteiger partial charge in [-0.25, -0.2) is 4.98 Å². The van der Waals surface area contributed by atoms with Crippen molar-refractivity contribution in [2.24, 2.45) is 0 Å². The van der Waals surface area contributed by atoms with Crippen LogP contribution in [0.15, 0.2) is 69.9 Å². The maximum absolute atomic E-state index is 13.1. The monoisotopic (exact) mass is 437 g/mol. The number of fused-ring (bicyclic) bond motifs is 1. The zero-order chi connectivity index (χ0) is 20.2. The highest BCUT2D eigenvalue weighted by atomic mass is 35.5. The molecule has 0 aliphatic carbocycles. The van der Waals surface area contributed by atoms with Crippen molar-refractivity contribution in [2.75, 3.05) is 0 Å². The molecule has 2 heterocycles. The third-order valence-electron chi connectivity index (χ3n) is 4.49. The van der Waals surface area contributed by atoms with E-state index in [1.165, 1.54) is 23.1 Å². The van der Waals surface area contributed by atoms with Gasteiger partial charge in [-0.2, -0.15) is 5.26 Å². The van der Waals surface area contributed by atoms with E-state index in [0.29, 0.717) is 39.2 Å². The lowest BCUT2D eigenvalue weighted by atomic mass is 10.1. The summed E-state index contributed by atoms with van der Waals surface area (Å²) >= 11 is 8.90. The molecule has 29 heavy (non-hydrogen) atoms. The van der Waals surface area contributed by atoms with Crippen molar-refractivity contribution in [3.05, 3.63) is 92.0 Å². The first kappa shape index (κ1) is 19.7. The number of nitriles is 1. The normalized spacial score (nSPS) is 10.9. The van der Waals surface area contributed by atoms with Gasteiger partial charge in [0.2, 0.25) is 0 Å². The van der Waals surface area contributed by atoms with E-state index >= 15 is 0 Å². The molecule has 0 bridgehead atoms. The second kappa shape index (κ2) is 8.83. The zero-order valence-electron chi connectivity index (χ0n) is 15.3. The minimum atomic E-state index is -0.00719. The summed E-state index contributed by atoms with van der Waals surface area (Å²) in [5, 5.41) is 12.4. The molecule has 0 aliphatic heterocycles. The van der Waals surface area contributed by atoms with Gasteiger partial charge in [-0.15, -0.1) is 11.3 Å². The molecule has 0 atom stereocenters. The predicted octanol–water partition coefficient (Wildman–Crippen LogP) is 5.52. The summed E-state index contributed by atoms with van der Waals surface area (Å²) < 4.78 is 2.43. The standard InChI is InChI=1S/C22H16ClN3OS2/c23-18-6-4-15(5-7-18)8-10-26-21(27)20-19(9-11-28-20)25-22(26)29-14-17-3-1-2-16(12-17)13-24/h1-7,9,11-12H,8,10,14H2. The zero-order valence-corrected chi connectivity index (χ0v) is 17.7. The molecule has 144 valence electrons. The number of thiophene rings is 1. The first-order valence-corrected chi connectivity index (χ1v) is 11.2. The van der Waals surface area contributed by atoms with Crippen LogP contribution < -0.4 is 5.56 Å². The van der Waals surface area contributed by atoms with Crippen LogP contribution in [0.25, 0.3) is 10.2 Å². The van der Waals surface area contributed by atoms with Crippen LogP contribution in [0, 0.1) is 11.3 Å². The van der Waals surface area contributed by atoms with E-state index in [2.05, 4.69) is 6.07 Å². The second-order valence-electron chi connectivity index (χ2n) is 6.46. The molecule has 0 radical (unpaired) electrons. The molecule has 2 aromatic carbocycles. The summed E-state index contributed by atoms with van der Waals surface area (Å²) in [5.74, 6) is 0.637. The number of halogens is 1. The Morgan fingerprint density at radius 2 is 1.97 bits per heavy atom. The number of aromatic nitrogens is 2. The minimum Gasteiger partial charge on any atom is -0.286 e.